The topological polar surface area (TPSA) is 78.9 Å². The minimum atomic E-state index is -0.128. The first kappa shape index (κ1) is 27.7. The third-order valence-electron chi connectivity index (χ3n) is 6.87. The number of amides is 2. The zero-order chi connectivity index (χ0) is 25.6. The van der Waals surface area contributed by atoms with Gasteiger partial charge in [0.25, 0.3) is 0 Å². The monoisotopic (exact) mass is 494 g/mol. The van der Waals surface area contributed by atoms with E-state index < -0.39 is 0 Å². The molecule has 0 saturated heterocycles. The van der Waals surface area contributed by atoms with Gasteiger partial charge in [-0.05, 0) is 62.6 Å². The van der Waals surface area contributed by atoms with Gasteiger partial charge in [0.2, 0.25) is 11.8 Å². The molecule has 0 spiro atoms. The highest BCUT2D eigenvalue weighted by Gasteiger charge is 2.21. The largest absolute Gasteiger partial charge is 0.493 e. The van der Waals surface area contributed by atoms with Crippen LogP contribution in [0.5, 0.6) is 5.75 Å². The lowest BCUT2D eigenvalue weighted by molar-refractivity contribution is -0.135. The summed E-state index contributed by atoms with van der Waals surface area (Å²) in [5.74, 6) is 0.874. The van der Waals surface area contributed by atoms with Crippen LogP contribution in [0.3, 0.4) is 0 Å². The second kappa shape index (κ2) is 15.3. The lowest BCUT2D eigenvalue weighted by atomic mass is 10.0. The van der Waals surface area contributed by atoms with Crippen molar-refractivity contribution < 1.29 is 19.4 Å². The van der Waals surface area contributed by atoms with Crippen molar-refractivity contribution >= 4 is 17.5 Å². The van der Waals surface area contributed by atoms with E-state index >= 15 is 0 Å². The molecule has 36 heavy (non-hydrogen) atoms. The van der Waals surface area contributed by atoms with Crippen LogP contribution in [-0.4, -0.2) is 48.1 Å². The zero-order valence-corrected chi connectivity index (χ0v) is 21.7. The molecule has 0 saturated carbocycles. The number of nitrogens with one attached hydrogen (secondary N) is 1. The predicted molar refractivity (Wildman–Crippen MR) is 144 cm³/mol. The molecular formula is C30H42N2O4. The van der Waals surface area contributed by atoms with Gasteiger partial charge < -0.3 is 20.1 Å². The van der Waals surface area contributed by atoms with Gasteiger partial charge in [0.1, 0.15) is 5.75 Å². The molecule has 1 heterocycles. The van der Waals surface area contributed by atoms with E-state index in [9.17, 15) is 14.7 Å². The van der Waals surface area contributed by atoms with Crippen molar-refractivity contribution in [2.45, 2.75) is 71.1 Å². The highest BCUT2D eigenvalue weighted by atomic mass is 16.5. The Morgan fingerprint density at radius 2 is 1.72 bits per heavy atom. The van der Waals surface area contributed by atoms with Crippen LogP contribution >= 0.6 is 0 Å². The fraction of sp³-hybridized carbons (Fsp3) is 0.533. The summed E-state index contributed by atoms with van der Waals surface area (Å²) in [6.07, 6.45) is 8.88. The van der Waals surface area contributed by atoms with E-state index in [0.29, 0.717) is 38.8 Å². The van der Waals surface area contributed by atoms with Crippen molar-refractivity contribution in [2.75, 3.05) is 31.6 Å². The number of carbonyl (C=O) groups is 2. The molecule has 1 unspecified atom stereocenters. The molecule has 0 aliphatic carbocycles. The molecule has 2 aromatic rings. The fourth-order valence-corrected chi connectivity index (χ4v) is 4.68. The lowest BCUT2D eigenvalue weighted by Crippen LogP contribution is -2.37. The third kappa shape index (κ3) is 8.98. The second-order valence-electron chi connectivity index (χ2n) is 9.77. The highest BCUT2D eigenvalue weighted by molar-refractivity contribution is 5.94. The van der Waals surface area contributed by atoms with Gasteiger partial charge in [0.15, 0.2) is 0 Å². The van der Waals surface area contributed by atoms with E-state index in [1.807, 2.05) is 36.1 Å². The maximum atomic E-state index is 13.2. The van der Waals surface area contributed by atoms with Crippen molar-refractivity contribution in [3.05, 3.63) is 59.7 Å². The summed E-state index contributed by atoms with van der Waals surface area (Å²) in [5, 5.41) is 12.1. The quantitative estimate of drug-likeness (QED) is 0.307. The van der Waals surface area contributed by atoms with E-state index in [1.54, 1.807) is 0 Å². The van der Waals surface area contributed by atoms with E-state index in [4.69, 9.17) is 4.74 Å². The Kier molecular flexibility index (Phi) is 11.8. The van der Waals surface area contributed by atoms with Crippen molar-refractivity contribution in [2.24, 2.45) is 5.92 Å². The summed E-state index contributed by atoms with van der Waals surface area (Å²) < 4.78 is 6.05. The summed E-state index contributed by atoms with van der Waals surface area (Å²) in [4.78, 5) is 26.8. The maximum Gasteiger partial charge on any atom is 0.225 e. The normalized spacial score (nSPS) is 13.6. The number of ether oxygens (including phenoxy) is 1. The third-order valence-corrected chi connectivity index (χ3v) is 6.87. The van der Waals surface area contributed by atoms with Crippen LogP contribution in [0.25, 0.3) is 0 Å². The number of nitrogens with zero attached hydrogens (tertiary/aromatic N) is 1. The molecule has 0 aromatic heterocycles. The zero-order valence-electron chi connectivity index (χ0n) is 21.7. The first-order chi connectivity index (χ1) is 17.6. The number of aliphatic hydroxyl groups excluding tert-OH is 1. The Hall–Kier alpha value is -2.86. The molecule has 1 aliphatic heterocycles. The van der Waals surface area contributed by atoms with Gasteiger partial charge >= 0.3 is 0 Å². The molecule has 6 heteroatoms. The van der Waals surface area contributed by atoms with Crippen molar-refractivity contribution in [1.82, 2.24) is 4.90 Å². The fourth-order valence-electron chi connectivity index (χ4n) is 4.68. The van der Waals surface area contributed by atoms with Gasteiger partial charge in [-0.25, -0.2) is 0 Å². The highest BCUT2D eigenvalue weighted by Crippen LogP contribution is 2.31. The Bertz CT molecular complexity index is 947. The average molecular weight is 495 g/mol. The molecule has 0 fully saturated rings. The lowest BCUT2D eigenvalue weighted by Gasteiger charge is -2.26. The van der Waals surface area contributed by atoms with Crippen molar-refractivity contribution in [3.63, 3.8) is 0 Å². The van der Waals surface area contributed by atoms with E-state index in [1.165, 1.54) is 18.4 Å². The minimum absolute atomic E-state index is 0.0383. The summed E-state index contributed by atoms with van der Waals surface area (Å²) in [7, 11) is 0. The summed E-state index contributed by atoms with van der Waals surface area (Å²) in [5.41, 5.74) is 3.25. The molecular weight excluding hydrogens is 452 g/mol. The number of aliphatic hydroxyl groups is 1. The average Bonchev–Trinajstić information content (AvgIpc) is 2.89. The molecule has 2 aromatic carbocycles. The molecule has 2 N–H and O–H groups in total. The first-order valence-corrected chi connectivity index (χ1v) is 13.6. The number of hydrogen-bond donors (Lipinski definition) is 2. The number of aryl methyl sites for hydroxylation is 1. The van der Waals surface area contributed by atoms with Crippen LogP contribution < -0.4 is 10.1 Å². The number of unbranched alkanes of at least 4 members (excludes halogenated alkanes) is 4. The van der Waals surface area contributed by atoms with Crippen LogP contribution in [0.1, 0.15) is 69.4 Å². The molecule has 6 nitrogen and oxygen atoms in total. The number of rotatable bonds is 16. The van der Waals surface area contributed by atoms with Crippen LogP contribution in [0.15, 0.2) is 48.5 Å². The molecule has 0 bridgehead atoms. The number of hydrogen-bond acceptors (Lipinski definition) is 4. The predicted octanol–water partition coefficient (Wildman–Crippen LogP) is 5.38. The van der Waals surface area contributed by atoms with E-state index in [-0.39, 0.29) is 24.3 Å². The van der Waals surface area contributed by atoms with Crippen LogP contribution in [0.2, 0.25) is 0 Å². The minimum Gasteiger partial charge on any atom is -0.493 e. The standard InChI is InChI=1S/C30H42N2O4/c1-24(19-23-36-28-16-11-15-27-26(28)17-18-29(34)31-27)30(35)32(21-9-10-22-33)20-8-3-2-5-12-25-13-6-4-7-14-25/h4,6-7,11,13-16,24,33H,2-3,5,8-10,12,17-23H2,1H3,(H,31,34). The number of fused-ring (bicyclic) bond motifs is 1. The number of benzene rings is 2. The van der Waals surface area contributed by atoms with Crippen molar-refractivity contribution in [3.8, 4) is 5.75 Å². The number of anilines is 1. The number of carbonyl (C=O) groups excluding carboxylic acids is 2. The Morgan fingerprint density at radius 3 is 2.50 bits per heavy atom. The van der Waals surface area contributed by atoms with E-state index in [0.717, 1.165) is 49.2 Å². The maximum absolute atomic E-state index is 13.2. The van der Waals surface area contributed by atoms with Gasteiger partial charge in [0.05, 0.1) is 6.61 Å². The Labute approximate surface area is 216 Å². The first-order valence-electron chi connectivity index (χ1n) is 13.6. The van der Waals surface area contributed by atoms with Crippen LogP contribution in [-0.2, 0) is 22.4 Å². The molecule has 0 radical (unpaired) electrons. The molecule has 1 aliphatic rings. The smallest absolute Gasteiger partial charge is 0.225 e. The Morgan fingerprint density at radius 1 is 0.972 bits per heavy atom. The SMILES string of the molecule is CC(CCOc1cccc2c1CCC(=O)N2)C(=O)N(CCCCO)CCCCCCc1ccccc1. The molecule has 1 atom stereocenters. The second-order valence-corrected chi connectivity index (χ2v) is 9.77. The molecule has 196 valence electrons. The van der Waals surface area contributed by atoms with Gasteiger partial charge in [-0.3, -0.25) is 9.59 Å². The molecule has 3 rings (SSSR count). The molecule has 2 amide bonds. The van der Waals surface area contributed by atoms with Gasteiger partial charge in [-0.2, -0.15) is 0 Å². The summed E-state index contributed by atoms with van der Waals surface area (Å²) >= 11 is 0. The van der Waals surface area contributed by atoms with Crippen LogP contribution in [0, 0.1) is 5.92 Å². The van der Waals surface area contributed by atoms with Gasteiger partial charge in [-0.1, -0.05) is 56.2 Å². The van der Waals surface area contributed by atoms with Gasteiger partial charge in [-0.15, -0.1) is 0 Å². The summed E-state index contributed by atoms with van der Waals surface area (Å²) in [6.45, 7) is 4.06. The van der Waals surface area contributed by atoms with Gasteiger partial charge in [0, 0.05) is 43.3 Å². The van der Waals surface area contributed by atoms with E-state index in [2.05, 4.69) is 29.6 Å². The summed E-state index contributed by atoms with van der Waals surface area (Å²) in [6, 6.07) is 16.3. The Balaban J connectivity index is 1.41. The van der Waals surface area contributed by atoms with Crippen molar-refractivity contribution in [1.29, 1.82) is 0 Å². The van der Waals surface area contributed by atoms with Crippen LogP contribution in [0.4, 0.5) is 5.69 Å².